The number of nitrogen functional groups attached to an aromatic ring is 1. The fraction of sp³-hybridized carbons (Fsp3) is 0.333. The standard InChI is InChI=1S/C15H20N2OS/c1-3-7-18-15-9-13(4-5-14(15)16)17-11(2)12-6-8-19-10-12/h4-6,8-11,17H,3,7,16H2,1-2H3. The second-order valence-corrected chi connectivity index (χ2v) is 5.30. The highest BCUT2D eigenvalue weighted by Gasteiger charge is 2.07. The van der Waals surface area contributed by atoms with E-state index in [4.69, 9.17) is 10.5 Å². The molecule has 1 atom stereocenters. The third kappa shape index (κ3) is 3.64. The number of hydrogen-bond donors (Lipinski definition) is 2. The van der Waals surface area contributed by atoms with Gasteiger partial charge in [0.2, 0.25) is 0 Å². The summed E-state index contributed by atoms with van der Waals surface area (Å²) in [6.45, 7) is 4.91. The first kappa shape index (κ1) is 13.7. The molecule has 102 valence electrons. The number of thiophene rings is 1. The minimum absolute atomic E-state index is 0.272. The molecule has 0 amide bonds. The van der Waals surface area contributed by atoms with Crippen molar-refractivity contribution in [2.75, 3.05) is 17.7 Å². The molecule has 0 saturated carbocycles. The SMILES string of the molecule is CCCOc1cc(NC(C)c2ccsc2)ccc1N. The van der Waals surface area contributed by atoms with Crippen molar-refractivity contribution < 1.29 is 4.74 Å². The maximum absolute atomic E-state index is 5.90. The normalized spacial score (nSPS) is 12.1. The zero-order valence-corrected chi connectivity index (χ0v) is 12.2. The fourth-order valence-electron chi connectivity index (χ4n) is 1.82. The van der Waals surface area contributed by atoms with Gasteiger partial charge in [-0.05, 0) is 47.9 Å². The lowest BCUT2D eigenvalue weighted by molar-refractivity contribution is 0.319. The molecule has 3 nitrogen and oxygen atoms in total. The summed E-state index contributed by atoms with van der Waals surface area (Å²) in [5.41, 5.74) is 8.90. The summed E-state index contributed by atoms with van der Waals surface area (Å²) < 4.78 is 5.64. The molecular weight excluding hydrogens is 256 g/mol. The Labute approximate surface area is 118 Å². The highest BCUT2D eigenvalue weighted by Crippen LogP contribution is 2.28. The van der Waals surface area contributed by atoms with Crippen molar-refractivity contribution in [3.8, 4) is 5.75 Å². The van der Waals surface area contributed by atoms with E-state index in [-0.39, 0.29) is 6.04 Å². The summed E-state index contributed by atoms with van der Waals surface area (Å²) in [5, 5.41) is 7.71. The third-order valence-corrected chi connectivity index (χ3v) is 3.60. The van der Waals surface area contributed by atoms with Crippen LogP contribution in [0.2, 0.25) is 0 Å². The van der Waals surface area contributed by atoms with Gasteiger partial charge in [-0.25, -0.2) is 0 Å². The smallest absolute Gasteiger partial charge is 0.144 e. The maximum atomic E-state index is 5.90. The van der Waals surface area contributed by atoms with Gasteiger partial charge in [-0.2, -0.15) is 11.3 Å². The van der Waals surface area contributed by atoms with Crippen molar-refractivity contribution in [3.05, 3.63) is 40.6 Å². The summed E-state index contributed by atoms with van der Waals surface area (Å²) in [7, 11) is 0. The molecule has 3 N–H and O–H groups in total. The van der Waals surface area contributed by atoms with Crippen LogP contribution in [0.5, 0.6) is 5.75 Å². The van der Waals surface area contributed by atoms with Crippen LogP contribution < -0.4 is 15.8 Å². The first-order chi connectivity index (χ1) is 9.20. The van der Waals surface area contributed by atoms with Crippen molar-refractivity contribution >= 4 is 22.7 Å². The lowest BCUT2D eigenvalue weighted by atomic mass is 10.1. The van der Waals surface area contributed by atoms with Gasteiger partial charge in [-0.3, -0.25) is 0 Å². The number of benzene rings is 1. The minimum atomic E-state index is 0.272. The molecule has 1 unspecified atom stereocenters. The molecule has 1 aromatic heterocycles. The predicted octanol–water partition coefficient (Wildman–Crippen LogP) is 4.29. The van der Waals surface area contributed by atoms with Crippen molar-refractivity contribution in [2.24, 2.45) is 0 Å². The lowest BCUT2D eigenvalue weighted by Crippen LogP contribution is -2.06. The Morgan fingerprint density at radius 1 is 1.37 bits per heavy atom. The first-order valence-electron chi connectivity index (χ1n) is 6.51. The molecule has 0 aliphatic heterocycles. The number of hydrogen-bond acceptors (Lipinski definition) is 4. The van der Waals surface area contributed by atoms with Crippen LogP contribution in [-0.2, 0) is 0 Å². The van der Waals surface area contributed by atoms with Crippen molar-refractivity contribution in [1.29, 1.82) is 0 Å². The summed E-state index contributed by atoms with van der Waals surface area (Å²) in [5.74, 6) is 0.754. The Bertz CT molecular complexity index is 511. The zero-order valence-electron chi connectivity index (χ0n) is 11.3. The molecule has 0 radical (unpaired) electrons. The van der Waals surface area contributed by atoms with Gasteiger partial charge >= 0.3 is 0 Å². The van der Waals surface area contributed by atoms with Gasteiger partial charge in [0.05, 0.1) is 12.3 Å². The Kier molecular flexibility index (Phi) is 4.68. The molecule has 4 heteroatoms. The topological polar surface area (TPSA) is 47.3 Å². The van der Waals surface area contributed by atoms with Crippen LogP contribution in [0.15, 0.2) is 35.0 Å². The average molecular weight is 276 g/mol. The summed E-state index contributed by atoms with van der Waals surface area (Å²) in [6, 6.07) is 8.24. The third-order valence-electron chi connectivity index (χ3n) is 2.90. The van der Waals surface area contributed by atoms with Gasteiger partial charge < -0.3 is 15.8 Å². The van der Waals surface area contributed by atoms with E-state index in [0.717, 1.165) is 17.9 Å². The predicted molar refractivity (Wildman–Crippen MR) is 83.0 cm³/mol. The summed E-state index contributed by atoms with van der Waals surface area (Å²) in [6.07, 6.45) is 0.975. The summed E-state index contributed by atoms with van der Waals surface area (Å²) >= 11 is 1.71. The molecule has 2 aromatic rings. The monoisotopic (exact) mass is 276 g/mol. The molecule has 1 aromatic carbocycles. The molecule has 0 fully saturated rings. The molecule has 0 aliphatic carbocycles. The number of nitrogens with one attached hydrogen (secondary N) is 1. The molecule has 0 aliphatic rings. The lowest BCUT2D eigenvalue weighted by Gasteiger charge is -2.16. The highest BCUT2D eigenvalue weighted by molar-refractivity contribution is 7.07. The van der Waals surface area contributed by atoms with Crippen molar-refractivity contribution in [1.82, 2.24) is 0 Å². The maximum Gasteiger partial charge on any atom is 0.144 e. The minimum Gasteiger partial charge on any atom is -0.491 e. The molecular formula is C15H20N2OS. The largest absolute Gasteiger partial charge is 0.491 e. The highest BCUT2D eigenvalue weighted by atomic mass is 32.1. The van der Waals surface area contributed by atoms with Crippen LogP contribution >= 0.6 is 11.3 Å². The van der Waals surface area contributed by atoms with E-state index in [1.165, 1.54) is 5.56 Å². The van der Waals surface area contributed by atoms with Gasteiger partial charge in [0.15, 0.2) is 0 Å². The van der Waals surface area contributed by atoms with Crippen LogP contribution in [-0.4, -0.2) is 6.61 Å². The number of rotatable bonds is 6. The van der Waals surface area contributed by atoms with Crippen molar-refractivity contribution in [3.63, 3.8) is 0 Å². The molecule has 0 spiro atoms. The van der Waals surface area contributed by atoms with Gasteiger partial charge in [0.1, 0.15) is 5.75 Å². The van der Waals surface area contributed by atoms with Crippen molar-refractivity contribution in [2.45, 2.75) is 26.3 Å². The molecule has 0 saturated heterocycles. The molecule has 2 rings (SSSR count). The first-order valence-corrected chi connectivity index (χ1v) is 7.46. The Balaban J connectivity index is 2.08. The Morgan fingerprint density at radius 2 is 2.21 bits per heavy atom. The average Bonchev–Trinajstić information content (AvgIpc) is 2.93. The number of ether oxygens (including phenoxy) is 1. The van der Waals surface area contributed by atoms with E-state index in [1.807, 2.05) is 18.2 Å². The van der Waals surface area contributed by atoms with Crippen LogP contribution in [0, 0.1) is 0 Å². The van der Waals surface area contributed by atoms with Gasteiger partial charge in [0, 0.05) is 17.8 Å². The van der Waals surface area contributed by atoms with E-state index in [9.17, 15) is 0 Å². The van der Waals surface area contributed by atoms with E-state index in [0.29, 0.717) is 12.3 Å². The van der Waals surface area contributed by atoms with Crippen LogP contribution in [0.4, 0.5) is 11.4 Å². The summed E-state index contributed by atoms with van der Waals surface area (Å²) in [4.78, 5) is 0. The number of anilines is 2. The second kappa shape index (κ2) is 6.48. The fourth-order valence-corrected chi connectivity index (χ4v) is 2.57. The van der Waals surface area contributed by atoms with E-state index in [1.54, 1.807) is 11.3 Å². The van der Waals surface area contributed by atoms with Crippen LogP contribution in [0.1, 0.15) is 31.9 Å². The molecule has 0 bridgehead atoms. The van der Waals surface area contributed by atoms with Crippen LogP contribution in [0.3, 0.4) is 0 Å². The van der Waals surface area contributed by atoms with E-state index < -0.39 is 0 Å². The second-order valence-electron chi connectivity index (χ2n) is 4.52. The van der Waals surface area contributed by atoms with Gasteiger partial charge in [-0.15, -0.1) is 0 Å². The molecule has 1 heterocycles. The van der Waals surface area contributed by atoms with E-state index >= 15 is 0 Å². The van der Waals surface area contributed by atoms with Crippen LogP contribution in [0.25, 0.3) is 0 Å². The Hall–Kier alpha value is -1.68. The Morgan fingerprint density at radius 3 is 2.89 bits per heavy atom. The van der Waals surface area contributed by atoms with Gasteiger partial charge in [0.25, 0.3) is 0 Å². The number of nitrogens with two attached hydrogens (primary N) is 1. The van der Waals surface area contributed by atoms with Gasteiger partial charge in [-0.1, -0.05) is 6.92 Å². The molecule has 19 heavy (non-hydrogen) atoms. The quantitative estimate of drug-likeness (QED) is 0.774. The van der Waals surface area contributed by atoms with E-state index in [2.05, 4.69) is 36.0 Å². The zero-order chi connectivity index (χ0) is 13.7.